The Morgan fingerprint density at radius 2 is 1.78 bits per heavy atom. The van der Waals surface area contributed by atoms with Crippen LogP contribution in [0.1, 0.15) is 24.4 Å². The molecular formula is C18H29N3O2. The molecule has 2 heterocycles. The van der Waals surface area contributed by atoms with Gasteiger partial charge < -0.3 is 19.7 Å². The fraction of sp³-hybridized carbons (Fsp3) is 0.667. The molecule has 128 valence electrons. The maximum Gasteiger partial charge on any atom is 0.123 e. The van der Waals surface area contributed by atoms with Gasteiger partial charge in [-0.2, -0.15) is 0 Å². The summed E-state index contributed by atoms with van der Waals surface area (Å²) in [5, 5.41) is 3.45. The Morgan fingerprint density at radius 1 is 1.04 bits per heavy atom. The van der Waals surface area contributed by atoms with Gasteiger partial charge in [-0.3, -0.25) is 4.90 Å². The first-order valence-electron chi connectivity index (χ1n) is 8.71. The maximum absolute atomic E-state index is 5.66. The minimum atomic E-state index is 0.361. The van der Waals surface area contributed by atoms with E-state index in [1.165, 1.54) is 31.5 Å². The Hall–Kier alpha value is -1.30. The topological polar surface area (TPSA) is 37.0 Å². The van der Waals surface area contributed by atoms with Crippen molar-refractivity contribution >= 4 is 0 Å². The standard InChI is InChI=1S/C18H29N3O2/c1-22-15-5-6-18(23-2)16(13-15)17(14-20-9-3-4-10-20)21-11-7-19-8-12-21/h5-6,13,17,19H,3-4,7-12,14H2,1-2H3. The van der Waals surface area contributed by atoms with Crippen molar-refractivity contribution in [2.45, 2.75) is 18.9 Å². The number of piperazine rings is 1. The lowest BCUT2D eigenvalue weighted by Gasteiger charge is -2.37. The van der Waals surface area contributed by atoms with Crippen molar-refractivity contribution in [2.24, 2.45) is 0 Å². The predicted molar refractivity (Wildman–Crippen MR) is 92.4 cm³/mol. The van der Waals surface area contributed by atoms with Crippen LogP contribution < -0.4 is 14.8 Å². The number of nitrogens with one attached hydrogen (secondary N) is 1. The van der Waals surface area contributed by atoms with Crippen LogP contribution in [0.2, 0.25) is 0 Å². The zero-order valence-electron chi connectivity index (χ0n) is 14.4. The van der Waals surface area contributed by atoms with Crippen LogP contribution in [0, 0.1) is 0 Å². The summed E-state index contributed by atoms with van der Waals surface area (Å²) in [4.78, 5) is 5.18. The van der Waals surface area contributed by atoms with Crippen LogP contribution in [0.15, 0.2) is 18.2 Å². The molecule has 0 amide bonds. The van der Waals surface area contributed by atoms with E-state index in [1.807, 2.05) is 12.1 Å². The molecule has 0 radical (unpaired) electrons. The van der Waals surface area contributed by atoms with Crippen molar-refractivity contribution in [1.82, 2.24) is 15.1 Å². The second-order valence-electron chi connectivity index (χ2n) is 6.42. The monoisotopic (exact) mass is 319 g/mol. The third-order valence-electron chi connectivity index (χ3n) is 5.02. The van der Waals surface area contributed by atoms with Crippen molar-refractivity contribution in [1.29, 1.82) is 0 Å². The van der Waals surface area contributed by atoms with E-state index in [9.17, 15) is 0 Å². The number of nitrogens with zero attached hydrogens (tertiary/aromatic N) is 2. The highest BCUT2D eigenvalue weighted by molar-refractivity contribution is 5.42. The Balaban J connectivity index is 1.88. The quantitative estimate of drug-likeness (QED) is 0.864. The van der Waals surface area contributed by atoms with Gasteiger partial charge >= 0.3 is 0 Å². The number of hydrogen-bond donors (Lipinski definition) is 1. The lowest BCUT2D eigenvalue weighted by Crippen LogP contribution is -2.47. The SMILES string of the molecule is COc1ccc(OC)c(C(CN2CCCC2)N2CCNCC2)c1. The van der Waals surface area contributed by atoms with Gasteiger partial charge in [0.15, 0.2) is 0 Å². The van der Waals surface area contributed by atoms with Crippen LogP contribution in [0.4, 0.5) is 0 Å². The van der Waals surface area contributed by atoms with Gasteiger partial charge in [-0.1, -0.05) is 0 Å². The first-order valence-corrected chi connectivity index (χ1v) is 8.71. The summed E-state index contributed by atoms with van der Waals surface area (Å²) in [6, 6.07) is 6.53. The van der Waals surface area contributed by atoms with Crippen molar-refractivity contribution < 1.29 is 9.47 Å². The molecule has 2 saturated heterocycles. The minimum absolute atomic E-state index is 0.361. The molecule has 2 aliphatic heterocycles. The first kappa shape index (κ1) is 16.6. The molecule has 1 N–H and O–H groups in total. The highest BCUT2D eigenvalue weighted by Gasteiger charge is 2.28. The summed E-state index contributed by atoms with van der Waals surface area (Å²) in [5.41, 5.74) is 1.25. The molecule has 5 nitrogen and oxygen atoms in total. The summed E-state index contributed by atoms with van der Waals surface area (Å²) in [6.45, 7) is 7.79. The lowest BCUT2D eigenvalue weighted by atomic mass is 10.0. The highest BCUT2D eigenvalue weighted by atomic mass is 16.5. The van der Waals surface area contributed by atoms with Gasteiger partial charge in [0, 0.05) is 38.3 Å². The summed E-state index contributed by atoms with van der Waals surface area (Å²) >= 11 is 0. The largest absolute Gasteiger partial charge is 0.497 e. The molecule has 2 fully saturated rings. The molecule has 0 spiro atoms. The zero-order chi connectivity index (χ0) is 16.1. The number of benzene rings is 1. The second kappa shape index (κ2) is 7.99. The molecule has 5 heteroatoms. The molecule has 1 atom stereocenters. The third-order valence-corrected chi connectivity index (χ3v) is 5.02. The Kier molecular flexibility index (Phi) is 5.75. The fourth-order valence-electron chi connectivity index (χ4n) is 3.71. The normalized spacial score (nSPS) is 21.3. The molecule has 3 rings (SSSR count). The summed E-state index contributed by atoms with van der Waals surface area (Å²) in [7, 11) is 3.49. The van der Waals surface area contributed by atoms with E-state index in [-0.39, 0.29) is 0 Å². The predicted octanol–water partition coefficient (Wildman–Crippen LogP) is 1.75. The molecule has 0 aromatic heterocycles. The molecule has 0 aliphatic carbocycles. The van der Waals surface area contributed by atoms with Crippen LogP contribution in [0.25, 0.3) is 0 Å². The number of rotatable bonds is 6. The lowest BCUT2D eigenvalue weighted by molar-refractivity contribution is 0.133. The Morgan fingerprint density at radius 3 is 2.43 bits per heavy atom. The van der Waals surface area contributed by atoms with E-state index in [4.69, 9.17) is 9.47 Å². The fourth-order valence-corrected chi connectivity index (χ4v) is 3.71. The molecule has 23 heavy (non-hydrogen) atoms. The molecular weight excluding hydrogens is 290 g/mol. The molecule has 1 aromatic rings. The van der Waals surface area contributed by atoms with E-state index in [2.05, 4.69) is 21.2 Å². The average Bonchev–Trinajstić information content (AvgIpc) is 3.13. The van der Waals surface area contributed by atoms with Crippen LogP contribution in [0.5, 0.6) is 11.5 Å². The first-order chi connectivity index (χ1) is 11.3. The van der Waals surface area contributed by atoms with E-state index in [0.717, 1.165) is 44.2 Å². The molecule has 1 aromatic carbocycles. The van der Waals surface area contributed by atoms with Gasteiger partial charge in [-0.25, -0.2) is 0 Å². The van der Waals surface area contributed by atoms with Crippen molar-refractivity contribution in [3.8, 4) is 11.5 Å². The smallest absolute Gasteiger partial charge is 0.123 e. The summed E-state index contributed by atoms with van der Waals surface area (Å²) in [5.74, 6) is 1.87. The molecule has 2 aliphatic rings. The summed E-state index contributed by atoms with van der Waals surface area (Å²) in [6.07, 6.45) is 2.65. The average molecular weight is 319 g/mol. The van der Waals surface area contributed by atoms with Gasteiger partial charge in [-0.05, 0) is 44.1 Å². The van der Waals surface area contributed by atoms with Crippen molar-refractivity contribution in [2.75, 3.05) is 60.0 Å². The minimum Gasteiger partial charge on any atom is -0.497 e. The van der Waals surface area contributed by atoms with Crippen molar-refractivity contribution in [3.63, 3.8) is 0 Å². The van der Waals surface area contributed by atoms with E-state index >= 15 is 0 Å². The van der Waals surface area contributed by atoms with Crippen LogP contribution >= 0.6 is 0 Å². The van der Waals surface area contributed by atoms with Crippen LogP contribution in [0.3, 0.4) is 0 Å². The Labute approximate surface area is 139 Å². The third kappa shape index (κ3) is 3.97. The van der Waals surface area contributed by atoms with Gasteiger partial charge in [0.25, 0.3) is 0 Å². The van der Waals surface area contributed by atoms with Gasteiger partial charge in [0.2, 0.25) is 0 Å². The zero-order valence-corrected chi connectivity index (χ0v) is 14.4. The van der Waals surface area contributed by atoms with E-state index in [1.54, 1.807) is 14.2 Å². The van der Waals surface area contributed by atoms with Crippen LogP contribution in [-0.2, 0) is 0 Å². The number of methoxy groups -OCH3 is 2. The van der Waals surface area contributed by atoms with E-state index in [0.29, 0.717) is 6.04 Å². The van der Waals surface area contributed by atoms with E-state index < -0.39 is 0 Å². The van der Waals surface area contributed by atoms with Gasteiger partial charge in [-0.15, -0.1) is 0 Å². The van der Waals surface area contributed by atoms with Gasteiger partial charge in [0.1, 0.15) is 11.5 Å². The van der Waals surface area contributed by atoms with Gasteiger partial charge in [0.05, 0.1) is 20.3 Å². The highest BCUT2D eigenvalue weighted by Crippen LogP contribution is 2.34. The number of ether oxygens (including phenoxy) is 2. The molecule has 1 unspecified atom stereocenters. The Bertz CT molecular complexity index is 497. The van der Waals surface area contributed by atoms with Crippen molar-refractivity contribution in [3.05, 3.63) is 23.8 Å². The summed E-state index contributed by atoms with van der Waals surface area (Å²) < 4.78 is 11.1. The van der Waals surface area contributed by atoms with Crippen LogP contribution in [-0.4, -0.2) is 69.8 Å². The number of hydrogen-bond acceptors (Lipinski definition) is 5. The molecule has 0 bridgehead atoms. The second-order valence-corrected chi connectivity index (χ2v) is 6.42. The number of likely N-dealkylation sites (tertiary alicyclic amines) is 1. The maximum atomic E-state index is 5.66. The molecule has 0 saturated carbocycles.